The van der Waals surface area contributed by atoms with E-state index in [0.29, 0.717) is 24.2 Å². The molecule has 1 heterocycles. The summed E-state index contributed by atoms with van der Waals surface area (Å²) < 4.78 is 26.4. The average molecular weight is 240 g/mol. The minimum Gasteiger partial charge on any atom is -0.399 e. The molecule has 0 saturated carbocycles. The number of likely N-dealkylation sites (tertiary alicyclic amines) is 1. The van der Waals surface area contributed by atoms with Crippen molar-refractivity contribution in [2.24, 2.45) is 0 Å². The van der Waals surface area contributed by atoms with E-state index >= 15 is 0 Å². The highest BCUT2D eigenvalue weighted by Gasteiger charge is 2.37. The first kappa shape index (κ1) is 11.8. The fraction of sp³-hybridized carbons (Fsp3) is 0.417. The van der Waals surface area contributed by atoms with Crippen LogP contribution in [0.4, 0.5) is 14.5 Å². The van der Waals surface area contributed by atoms with Crippen molar-refractivity contribution in [3.05, 3.63) is 29.8 Å². The molecule has 1 amide bonds. The minimum absolute atomic E-state index is 0.145. The van der Waals surface area contributed by atoms with Gasteiger partial charge in [0.15, 0.2) is 0 Å². The number of nitrogens with zero attached hydrogens (tertiary/aromatic N) is 1. The molecular weight excluding hydrogens is 226 g/mol. The zero-order valence-corrected chi connectivity index (χ0v) is 9.33. The summed E-state index contributed by atoms with van der Waals surface area (Å²) >= 11 is 0. The summed E-state index contributed by atoms with van der Waals surface area (Å²) in [5, 5.41) is 0. The fourth-order valence-corrected chi connectivity index (χ4v) is 1.99. The maximum Gasteiger partial charge on any atom is 0.265 e. The Balaban J connectivity index is 2.15. The molecule has 0 spiro atoms. The molecule has 0 aliphatic carbocycles. The van der Waals surface area contributed by atoms with Gasteiger partial charge in [-0.2, -0.15) is 0 Å². The van der Waals surface area contributed by atoms with Crippen molar-refractivity contribution in [1.29, 1.82) is 0 Å². The summed E-state index contributed by atoms with van der Waals surface area (Å²) in [7, 11) is 0. The van der Waals surface area contributed by atoms with Gasteiger partial charge in [0, 0.05) is 24.2 Å². The van der Waals surface area contributed by atoms with Crippen molar-refractivity contribution < 1.29 is 13.6 Å². The zero-order chi connectivity index (χ0) is 12.5. The monoisotopic (exact) mass is 240 g/mol. The number of nitrogens with two attached hydrogens (primary N) is 1. The third-order valence-electron chi connectivity index (χ3n) is 2.81. The van der Waals surface area contributed by atoms with Gasteiger partial charge in [-0.25, -0.2) is 8.78 Å². The predicted octanol–water partition coefficient (Wildman–Crippen LogP) is 2.14. The number of rotatable bonds is 1. The van der Waals surface area contributed by atoms with Crippen molar-refractivity contribution >= 4 is 11.6 Å². The lowest BCUT2D eigenvalue weighted by atomic mass is 10.1. The van der Waals surface area contributed by atoms with E-state index in [2.05, 4.69) is 0 Å². The molecule has 3 nitrogen and oxygen atoms in total. The van der Waals surface area contributed by atoms with Crippen molar-refractivity contribution in [3.63, 3.8) is 0 Å². The van der Waals surface area contributed by atoms with Crippen LogP contribution < -0.4 is 5.73 Å². The van der Waals surface area contributed by atoms with Crippen LogP contribution >= 0.6 is 0 Å². The lowest BCUT2D eigenvalue weighted by Crippen LogP contribution is -2.45. The van der Waals surface area contributed by atoms with Gasteiger partial charge in [0.2, 0.25) is 0 Å². The summed E-state index contributed by atoms with van der Waals surface area (Å²) in [5.41, 5.74) is 6.38. The molecule has 0 bridgehead atoms. The maximum atomic E-state index is 13.2. The quantitative estimate of drug-likeness (QED) is 0.764. The second-order valence-corrected chi connectivity index (χ2v) is 4.31. The highest BCUT2D eigenvalue weighted by atomic mass is 19.3. The van der Waals surface area contributed by atoms with Crippen LogP contribution in [0.25, 0.3) is 0 Å². The topological polar surface area (TPSA) is 46.3 Å². The van der Waals surface area contributed by atoms with Gasteiger partial charge in [0.25, 0.3) is 11.8 Å². The number of carbonyl (C=O) groups excluding carboxylic acids is 1. The maximum absolute atomic E-state index is 13.2. The number of hydrogen-bond donors (Lipinski definition) is 1. The minimum atomic E-state index is -2.77. The highest BCUT2D eigenvalue weighted by Crippen LogP contribution is 2.27. The van der Waals surface area contributed by atoms with Crippen LogP contribution in [0, 0.1) is 0 Å². The van der Waals surface area contributed by atoms with E-state index in [9.17, 15) is 13.6 Å². The van der Waals surface area contributed by atoms with Crippen LogP contribution in [0.5, 0.6) is 0 Å². The smallest absolute Gasteiger partial charge is 0.265 e. The lowest BCUT2D eigenvalue weighted by Gasteiger charge is -2.32. The molecule has 0 unspecified atom stereocenters. The Morgan fingerprint density at radius 1 is 1.41 bits per heavy atom. The predicted molar refractivity (Wildman–Crippen MR) is 60.9 cm³/mol. The lowest BCUT2D eigenvalue weighted by molar-refractivity contribution is -0.0560. The van der Waals surface area contributed by atoms with E-state index in [1.807, 2.05) is 0 Å². The molecule has 1 saturated heterocycles. The van der Waals surface area contributed by atoms with E-state index in [1.54, 1.807) is 18.2 Å². The Labute approximate surface area is 98.2 Å². The van der Waals surface area contributed by atoms with E-state index in [-0.39, 0.29) is 12.3 Å². The molecule has 5 heteroatoms. The zero-order valence-electron chi connectivity index (χ0n) is 9.33. The van der Waals surface area contributed by atoms with E-state index in [4.69, 9.17) is 5.73 Å². The van der Waals surface area contributed by atoms with Crippen molar-refractivity contribution in [3.8, 4) is 0 Å². The van der Waals surface area contributed by atoms with Gasteiger partial charge in [0.1, 0.15) is 0 Å². The van der Waals surface area contributed by atoms with Crippen LogP contribution in [0.3, 0.4) is 0 Å². The van der Waals surface area contributed by atoms with Crippen LogP contribution in [-0.4, -0.2) is 29.8 Å². The summed E-state index contributed by atoms with van der Waals surface area (Å²) in [6.07, 6.45) is 0.189. The third kappa shape index (κ3) is 2.72. The number of amides is 1. The first-order valence-electron chi connectivity index (χ1n) is 5.51. The van der Waals surface area contributed by atoms with Crippen molar-refractivity contribution in [2.45, 2.75) is 18.8 Å². The second kappa shape index (κ2) is 4.31. The summed E-state index contributed by atoms with van der Waals surface area (Å²) in [4.78, 5) is 13.2. The standard InChI is InChI=1S/C12H14F2N2O/c13-12(14)5-2-6-16(8-12)11(17)9-3-1-4-10(15)7-9/h1,3-4,7H,2,5-6,8,15H2. The molecule has 1 aromatic carbocycles. The second-order valence-electron chi connectivity index (χ2n) is 4.31. The Morgan fingerprint density at radius 2 is 2.18 bits per heavy atom. The Hall–Kier alpha value is -1.65. The van der Waals surface area contributed by atoms with Gasteiger partial charge < -0.3 is 10.6 Å². The van der Waals surface area contributed by atoms with Gasteiger partial charge >= 0.3 is 0 Å². The Morgan fingerprint density at radius 3 is 2.82 bits per heavy atom. The molecule has 0 aromatic heterocycles. The van der Waals surface area contributed by atoms with Crippen molar-refractivity contribution in [1.82, 2.24) is 4.90 Å². The molecule has 0 atom stereocenters. The normalized spacial score (nSPS) is 19.1. The van der Waals surface area contributed by atoms with Crippen LogP contribution in [0.1, 0.15) is 23.2 Å². The largest absolute Gasteiger partial charge is 0.399 e. The van der Waals surface area contributed by atoms with Crippen LogP contribution in [-0.2, 0) is 0 Å². The molecule has 2 rings (SSSR count). The average Bonchev–Trinajstić information content (AvgIpc) is 2.26. The summed E-state index contributed by atoms with van der Waals surface area (Å²) in [6.45, 7) is -0.121. The van der Waals surface area contributed by atoms with Gasteiger partial charge in [-0.1, -0.05) is 6.07 Å². The number of alkyl halides is 2. The molecule has 1 aliphatic rings. The Kier molecular flexibility index (Phi) is 3.00. The number of anilines is 1. The number of piperidine rings is 1. The first-order chi connectivity index (χ1) is 7.98. The number of nitrogen functional groups attached to an aromatic ring is 1. The van der Waals surface area contributed by atoms with Gasteiger partial charge in [0.05, 0.1) is 6.54 Å². The SMILES string of the molecule is Nc1cccc(C(=O)N2CCCC(F)(F)C2)c1. The van der Waals surface area contributed by atoms with Gasteiger partial charge in [-0.15, -0.1) is 0 Å². The summed E-state index contributed by atoms with van der Waals surface area (Å²) in [5.74, 6) is -3.15. The van der Waals surface area contributed by atoms with Gasteiger partial charge in [-0.3, -0.25) is 4.79 Å². The molecule has 1 aliphatic heterocycles. The molecule has 1 fully saturated rings. The Bertz CT molecular complexity index is 434. The molecule has 2 N–H and O–H groups in total. The molecular formula is C12H14F2N2O. The molecule has 1 aromatic rings. The number of benzene rings is 1. The highest BCUT2D eigenvalue weighted by molar-refractivity contribution is 5.95. The molecule has 92 valence electrons. The van der Waals surface area contributed by atoms with E-state index in [0.717, 1.165) is 0 Å². The third-order valence-corrected chi connectivity index (χ3v) is 2.81. The number of halogens is 2. The number of hydrogen-bond acceptors (Lipinski definition) is 2. The van der Waals surface area contributed by atoms with Gasteiger partial charge in [-0.05, 0) is 24.6 Å². The fourth-order valence-electron chi connectivity index (χ4n) is 1.99. The first-order valence-corrected chi connectivity index (χ1v) is 5.51. The summed E-state index contributed by atoms with van der Waals surface area (Å²) in [6, 6.07) is 6.40. The van der Waals surface area contributed by atoms with Crippen LogP contribution in [0.2, 0.25) is 0 Å². The van der Waals surface area contributed by atoms with E-state index in [1.165, 1.54) is 11.0 Å². The number of carbonyl (C=O) groups is 1. The molecule has 0 radical (unpaired) electrons. The van der Waals surface area contributed by atoms with Crippen LogP contribution in [0.15, 0.2) is 24.3 Å². The molecule has 17 heavy (non-hydrogen) atoms. The van der Waals surface area contributed by atoms with Crippen molar-refractivity contribution in [2.75, 3.05) is 18.8 Å². The van der Waals surface area contributed by atoms with E-state index < -0.39 is 12.5 Å².